The topological polar surface area (TPSA) is 66.6 Å². The Morgan fingerprint density at radius 2 is 1.74 bits per heavy atom. The molecule has 19 heavy (non-hydrogen) atoms. The first-order valence-corrected chi connectivity index (χ1v) is 6.50. The molecule has 0 radical (unpaired) electrons. The van der Waals surface area contributed by atoms with E-state index in [0.717, 1.165) is 7.11 Å². The number of carbonyl (C=O) groups is 1. The van der Waals surface area contributed by atoms with E-state index in [1.807, 2.05) is 26.1 Å². The Bertz CT molecular complexity index is 245. The Morgan fingerprint density at radius 1 is 1.26 bits per heavy atom. The molecule has 114 valence electrons. The zero-order valence-corrected chi connectivity index (χ0v) is 12.1. The molecule has 0 bridgehead atoms. The summed E-state index contributed by atoms with van der Waals surface area (Å²) in [5, 5.41) is 7.00. The smallest absolute Gasteiger partial charge is 0.165 e. The molecule has 0 spiro atoms. The van der Waals surface area contributed by atoms with Crippen LogP contribution in [-0.4, -0.2) is 36.5 Å². The molecule has 0 aromatic carbocycles. The van der Waals surface area contributed by atoms with E-state index in [0.29, 0.717) is 12.3 Å². The standard InChI is InChI=1S/C11H18N2O.C2H6.CH4O.CH4/c1-13(11-6-2-3-7-11)8-4-5-10(12)9-14;2*1-2;/h4-5,8-9,11H,2-3,6-7,12H2,1H3;1-2H3;2H,1H3;1H4/b8-4-,10-5+;;;. The highest BCUT2D eigenvalue weighted by atomic mass is 16.2. The van der Waals surface area contributed by atoms with Crippen LogP contribution in [0.4, 0.5) is 0 Å². The number of aldehydes is 1. The van der Waals surface area contributed by atoms with Crippen LogP contribution in [0.25, 0.3) is 0 Å². The fourth-order valence-corrected chi connectivity index (χ4v) is 1.76. The largest absolute Gasteiger partial charge is 0.400 e. The monoisotopic (exact) mass is 272 g/mol. The highest BCUT2D eigenvalue weighted by Gasteiger charge is 2.16. The summed E-state index contributed by atoms with van der Waals surface area (Å²) in [5.74, 6) is 0. The van der Waals surface area contributed by atoms with Gasteiger partial charge in [-0.05, 0) is 31.2 Å². The van der Waals surface area contributed by atoms with Gasteiger partial charge in [0.25, 0.3) is 0 Å². The normalized spacial score (nSPS) is 14.7. The van der Waals surface area contributed by atoms with Gasteiger partial charge >= 0.3 is 0 Å². The molecule has 0 saturated heterocycles. The molecule has 1 aliphatic rings. The molecule has 4 heteroatoms. The summed E-state index contributed by atoms with van der Waals surface area (Å²) < 4.78 is 0. The maximum Gasteiger partial charge on any atom is 0.165 e. The predicted octanol–water partition coefficient (Wildman–Crippen LogP) is 2.69. The number of hydrogen-bond acceptors (Lipinski definition) is 4. The molecule has 0 aromatic rings. The summed E-state index contributed by atoms with van der Waals surface area (Å²) in [6, 6.07) is 0.664. The summed E-state index contributed by atoms with van der Waals surface area (Å²) >= 11 is 0. The van der Waals surface area contributed by atoms with Gasteiger partial charge in [-0.3, -0.25) is 4.79 Å². The number of carbonyl (C=O) groups excluding carboxylic acids is 1. The van der Waals surface area contributed by atoms with Gasteiger partial charge in [0.05, 0.1) is 5.70 Å². The molecule has 1 rings (SSSR count). The molecule has 1 fully saturated rings. The van der Waals surface area contributed by atoms with Crippen LogP contribution in [0.15, 0.2) is 24.0 Å². The molecule has 1 saturated carbocycles. The van der Waals surface area contributed by atoms with E-state index in [4.69, 9.17) is 10.8 Å². The lowest BCUT2D eigenvalue weighted by atomic mass is 10.2. The Hall–Kier alpha value is -1.29. The van der Waals surface area contributed by atoms with E-state index in [2.05, 4.69) is 11.9 Å². The third-order valence-corrected chi connectivity index (χ3v) is 2.65. The minimum absolute atomic E-state index is 0. The van der Waals surface area contributed by atoms with Crippen molar-refractivity contribution in [3.63, 3.8) is 0 Å². The fraction of sp³-hybridized carbons (Fsp3) is 0.667. The highest BCUT2D eigenvalue weighted by molar-refractivity contribution is 5.72. The van der Waals surface area contributed by atoms with Crippen LogP contribution < -0.4 is 5.73 Å². The molecule has 0 atom stereocenters. The van der Waals surface area contributed by atoms with E-state index in [-0.39, 0.29) is 13.1 Å². The van der Waals surface area contributed by atoms with Crippen molar-refractivity contribution in [3.8, 4) is 0 Å². The molecular formula is C15H32N2O2. The first-order valence-electron chi connectivity index (χ1n) is 6.50. The van der Waals surface area contributed by atoms with Crippen LogP contribution in [-0.2, 0) is 4.79 Å². The van der Waals surface area contributed by atoms with Crippen LogP contribution >= 0.6 is 0 Å². The van der Waals surface area contributed by atoms with Crippen molar-refractivity contribution in [1.82, 2.24) is 4.90 Å². The highest BCUT2D eigenvalue weighted by Crippen LogP contribution is 2.22. The number of aliphatic hydroxyl groups excluding tert-OH is 1. The van der Waals surface area contributed by atoms with Gasteiger partial charge in [0.2, 0.25) is 0 Å². The molecular weight excluding hydrogens is 240 g/mol. The van der Waals surface area contributed by atoms with Crippen molar-refractivity contribution < 1.29 is 9.90 Å². The van der Waals surface area contributed by atoms with Gasteiger partial charge in [-0.15, -0.1) is 0 Å². The second-order valence-electron chi connectivity index (χ2n) is 3.73. The minimum Gasteiger partial charge on any atom is -0.400 e. The van der Waals surface area contributed by atoms with Gasteiger partial charge in [-0.1, -0.05) is 34.1 Å². The number of rotatable bonds is 4. The van der Waals surface area contributed by atoms with E-state index in [1.165, 1.54) is 25.7 Å². The minimum atomic E-state index is 0. The Morgan fingerprint density at radius 3 is 2.16 bits per heavy atom. The molecule has 0 aromatic heterocycles. The zero-order chi connectivity index (χ0) is 14.4. The van der Waals surface area contributed by atoms with Crippen molar-refractivity contribution >= 4 is 6.29 Å². The van der Waals surface area contributed by atoms with Gasteiger partial charge in [0.15, 0.2) is 6.29 Å². The zero-order valence-electron chi connectivity index (χ0n) is 12.1. The maximum atomic E-state index is 10.2. The quantitative estimate of drug-likeness (QED) is 0.469. The Labute approximate surface area is 119 Å². The first-order chi connectivity index (χ1) is 8.74. The van der Waals surface area contributed by atoms with E-state index < -0.39 is 0 Å². The molecule has 0 heterocycles. The van der Waals surface area contributed by atoms with Gasteiger partial charge in [-0.25, -0.2) is 0 Å². The number of nitrogens with two attached hydrogens (primary N) is 1. The third-order valence-electron chi connectivity index (χ3n) is 2.65. The van der Waals surface area contributed by atoms with Crippen molar-refractivity contribution in [2.75, 3.05) is 14.2 Å². The van der Waals surface area contributed by atoms with Crippen molar-refractivity contribution in [3.05, 3.63) is 24.0 Å². The van der Waals surface area contributed by atoms with Crippen LogP contribution in [0.3, 0.4) is 0 Å². The van der Waals surface area contributed by atoms with Crippen molar-refractivity contribution in [1.29, 1.82) is 0 Å². The molecule has 0 unspecified atom stereocenters. The first kappa shape index (κ1) is 22.9. The molecule has 0 amide bonds. The lowest BCUT2D eigenvalue weighted by molar-refractivity contribution is -0.104. The summed E-state index contributed by atoms with van der Waals surface area (Å²) in [6.45, 7) is 4.00. The SMILES string of the molecule is C.CC.CN(/C=C\C=C(\N)C=O)C1CCCC1.CO. The molecule has 1 aliphatic carbocycles. The number of hydrogen-bond donors (Lipinski definition) is 2. The molecule has 0 aliphatic heterocycles. The molecule has 3 N–H and O–H groups in total. The maximum absolute atomic E-state index is 10.2. The summed E-state index contributed by atoms with van der Waals surface area (Å²) in [6.07, 6.45) is 11.3. The van der Waals surface area contributed by atoms with Gasteiger partial charge in [-0.2, -0.15) is 0 Å². The Kier molecular flexibility index (Phi) is 20.1. The average Bonchev–Trinajstić information content (AvgIpc) is 2.97. The van der Waals surface area contributed by atoms with Gasteiger partial charge in [0.1, 0.15) is 0 Å². The number of aliphatic hydroxyl groups is 1. The van der Waals surface area contributed by atoms with Crippen molar-refractivity contribution in [2.45, 2.75) is 53.0 Å². The second kappa shape index (κ2) is 16.7. The van der Waals surface area contributed by atoms with Crippen LogP contribution in [0.1, 0.15) is 47.0 Å². The molecule has 4 nitrogen and oxygen atoms in total. The predicted molar refractivity (Wildman–Crippen MR) is 83.7 cm³/mol. The lowest BCUT2D eigenvalue weighted by Crippen LogP contribution is -2.23. The average molecular weight is 272 g/mol. The summed E-state index contributed by atoms with van der Waals surface area (Å²) in [5.41, 5.74) is 5.60. The Balaban J connectivity index is -0.000000467. The fourth-order valence-electron chi connectivity index (χ4n) is 1.76. The van der Waals surface area contributed by atoms with Gasteiger partial charge < -0.3 is 15.7 Å². The third kappa shape index (κ3) is 11.5. The lowest BCUT2D eigenvalue weighted by Gasteiger charge is -2.21. The van der Waals surface area contributed by atoms with Crippen LogP contribution in [0.5, 0.6) is 0 Å². The summed E-state index contributed by atoms with van der Waals surface area (Å²) in [4.78, 5) is 12.4. The van der Waals surface area contributed by atoms with Crippen molar-refractivity contribution in [2.24, 2.45) is 5.73 Å². The van der Waals surface area contributed by atoms with Crippen LogP contribution in [0, 0.1) is 0 Å². The van der Waals surface area contributed by atoms with E-state index in [9.17, 15) is 4.79 Å². The number of allylic oxidation sites excluding steroid dienone is 3. The van der Waals surface area contributed by atoms with E-state index >= 15 is 0 Å². The second-order valence-corrected chi connectivity index (χ2v) is 3.73. The summed E-state index contributed by atoms with van der Waals surface area (Å²) in [7, 11) is 3.07. The van der Waals surface area contributed by atoms with Gasteiger partial charge in [0, 0.05) is 20.2 Å². The van der Waals surface area contributed by atoms with Crippen LogP contribution in [0.2, 0.25) is 0 Å². The van der Waals surface area contributed by atoms with E-state index in [1.54, 1.807) is 6.08 Å². The number of nitrogens with zero attached hydrogens (tertiary/aromatic N) is 1.